The van der Waals surface area contributed by atoms with Gasteiger partial charge in [0.1, 0.15) is 0 Å². The number of aromatic amines is 1. The topological polar surface area (TPSA) is 79.0 Å². The summed E-state index contributed by atoms with van der Waals surface area (Å²) in [4.78, 5) is 39.2. The van der Waals surface area contributed by atoms with Crippen LogP contribution in [0.5, 0.6) is 0 Å². The van der Waals surface area contributed by atoms with Crippen LogP contribution < -0.4 is 10.9 Å². The van der Waals surface area contributed by atoms with Crippen LogP contribution in [-0.2, 0) is 11.3 Å². The standard InChI is InChI=1S/C22H22N2O3/c1-14-3-6-16(7-4-14)20(25)9-10-21(26)23-13-18-12-17-11-15(2)5-8-19(17)24-22(18)27/h3-8,11-12H,9-10,13H2,1-2H3,(H,23,26)(H,24,27). The number of H-pyrrole nitrogens is 1. The molecule has 0 saturated carbocycles. The number of hydrogen-bond acceptors (Lipinski definition) is 3. The van der Waals surface area contributed by atoms with E-state index in [9.17, 15) is 14.4 Å². The van der Waals surface area contributed by atoms with Crippen LogP contribution in [0.2, 0.25) is 0 Å². The number of Topliss-reactive ketones (excluding diaryl/α,β-unsaturated/α-hetero) is 1. The summed E-state index contributed by atoms with van der Waals surface area (Å²) in [6.45, 7) is 4.07. The lowest BCUT2D eigenvalue weighted by atomic mass is 10.0. The minimum atomic E-state index is -0.251. The molecular weight excluding hydrogens is 340 g/mol. The summed E-state index contributed by atoms with van der Waals surface area (Å²) in [7, 11) is 0. The molecule has 0 aliphatic rings. The summed E-state index contributed by atoms with van der Waals surface area (Å²) in [5.74, 6) is -0.316. The third-order valence-corrected chi connectivity index (χ3v) is 4.51. The van der Waals surface area contributed by atoms with Crippen LogP contribution in [0.15, 0.2) is 53.3 Å². The van der Waals surface area contributed by atoms with Gasteiger partial charge in [-0.25, -0.2) is 0 Å². The van der Waals surface area contributed by atoms with Gasteiger partial charge < -0.3 is 10.3 Å². The summed E-state index contributed by atoms with van der Waals surface area (Å²) < 4.78 is 0. The van der Waals surface area contributed by atoms with E-state index >= 15 is 0 Å². The molecule has 2 aromatic carbocycles. The Kier molecular flexibility index (Phi) is 5.50. The number of carbonyl (C=O) groups is 2. The number of rotatable bonds is 6. The summed E-state index contributed by atoms with van der Waals surface area (Å²) >= 11 is 0. The van der Waals surface area contributed by atoms with E-state index in [2.05, 4.69) is 10.3 Å². The van der Waals surface area contributed by atoms with Gasteiger partial charge in [-0.05, 0) is 37.4 Å². The van der Waals surface area contributed by atoms with E-state index < -0.39 is 0 Å². The van der Waals surface area contributed by atoms with Crippen molar-refractivity contribution in [3.8, 4) is 0 Å². The molecule has 0 spiro atoms. The summed E-state index contributed by atoms with van der Waals surface area (Å²) in [5, 5.41) is 3.65. The van der Waals surface area contributed by atoms with E-state index in [1.54, 1.807) is 18.2 Å². The molecule has 0 saturated heterocycles. The molecule has 0 bridgehead atoms. The fourth-order valence-corrected chi connectivity index (χ4v) is 2.90. The zero-order valence-electron chi connectivity index (χ0n) is 15.5. The first-order valence-corrected chi connectivity index (χ1v) is 8.91. The van der Waals surface area contributed by atoms with Gasteiger partial charge in [0.25, 0.3) is 5.56 Å². The van der Waals surface area contributed by atoms with Crippen LogP contribution in [0.3, 0.4) is 0 Å². The predicted molar refractivity (Wildman–Crippen MR) is 106 cm³/mol. The van der Waals surface area contributed by atoms with Crippen molar-refractivity contribution in [3.63, 3.8) is 0 Å². The van der Waals surface area contributed by atoms with Crippen molar-refractivity contribution in [2.24, 2.45) is 0 Å². The van der Waals surface area contributed by atoms with Crippen molar-refractivity contribution in [3.05, 3.63) is 81.1 Å². The number of carbonyl (C=O) groups excluding carboxylic acids is 2. The number of hydrogen-bond donors (Lipinski definition) is 2. The van der Waals surface area contributed by atoms with Crippen LogP contribution >= 0.6 is 0 Å². The molecule has 27 heavy (non-hydrogen) atoms. The predicted octanol–water partition coefficient (Wildman–Crippen LogP) is 3.42. The molecular formula is C22H22N2O3. The highest BCUT2D eigenvalue weighted by atomic mass is 16.2. The Morgan fingerprint density at radius 3 is 2.37 bits per heavy atom. The lowest BCUT2D eigenvalue weighted by molar-refractivity contribution is -0.121. The number of ketones is 1. The lowest BCUT2D eigenvalue weighted by Gasteiger charge is -2.07. The van der Waals surface area contributed by atoms with E-state index in [-0.39, 0.29) is 36.6 Å². The van der Waals surface area contributed by atoms with Gasteiger partial charge in [0.05, 0.1) is 0 Å². The molecule has 3 aromatic rings. The maximum absolute atomic E-state index is 12.1. The maximum Gasteiger partial charge on any atom is 0.253 e. The Bertz CT molecular complexity index is 1050. The van der Waals surface area contributed by atoms with Crippen molar-refractivity contribution in [1.29, 1.82) is 0 Å². The highest BCUT2D eigenvalue weighted by molar-refractivity contribution is 5.98. The van der Waals surface area contributed by atoms with Gasteiger partial charge in [0.15, 0.2) is 5.78 Å². The average molecular weight is 362 g/mol. The molecule has 0 aliphatic carbocycles. The van der Waals surface area contributed by atoms with E-state index in [1.807, 2.05) is 44.2 Å². The molecule has 0 radical (unpaired) electrons. The first kappa shape index (κ1) is 18.6. The van der Waals surface area contributed by atoms with Gasteiger partial charge in [0.2, 0.25) is 5.91 Å². The molecule has 3 rings (SSSR count). The second kappa shape index (κ2) is 7.99. The van der Waals surface area contributed by atoms with E-state index in [0.717, 1.165) is 22.0 Å². The number of fused-ring (bicyclic) bond motifs is 1. The van der Waals surface area contributed by atoms with E-state index in [0.29, 0.717) is 11.1 Å². The summed E-state index contributed by atoms with van der Waals surface area (Å²) in [6, 6.07) is 14.9. The largest absolute Gasteiger partial charge is 0.352 e. The molecule has 0 atom stereocenters. The zero-order valence-corrected chi connectivity index (χ0v) is 15.5. The van der Waals surface area contributed by atoms with Gasteiger partial charge in [0, 0.05) is 36.0 Å². The number of amides is 1. The SMILES string of the molecule is Cc1ccc(C(=O)CCC(=O)NCc2cc3cc(C)ccc3[nH]c2=O)cc1. The Hall–Kier alpha value is -3.21. The molecule has 5 heteroatoms. The van der Waals surface area contributed by atoms with Crippen molar-refractivity contribution < 1.29 is 9.59 Å². The highest BCUT2D eigenvalue weighted by Gasteiger charge is 2.10. The van der Waals surface area contributed by atoms with Crippen molar-refractivity contribution in [1.82, 2.24) is 10.3 Å². The van der Waals surface area contributed by atoms with Crippen LogP contribution in [-0.4, -0.2) is 16.7 Å². The Labute approximate surface area is 157 Å². The fraction of sp³-hybridized carbons (Fsp3) is 0.227. The quantitative estimate of drug-likeness (QED) is 0.660. The van der Waals surface area contributed by atoms with Gasteiger partial charge in [-0.1, -0.05) is 41.5 Å². The smallest absolute Gasteiger partial charge is 0.253 e. The van der Waals surface area contributed by atoms with E-state index in [1.165, 1.54) is 0 Å². The van der Waals surface area contributed by atoms with E-state index in [4.69, 9.17) is 0 Å². The molecule has 0 fully saturated rings. The normalized spacial score (nSPS) is 10.7. The van der Waals surface area contributed by atoms with Crippen LogP contribution in [0.4, 0.5) is 0 Å². The molecule has 1 aromatic heterocycles. The third kappa shape index (κ3) is 4.70. The zero-order chi connectivity index (χ0) is 19.4. The van der Waals surface area contributed by atoms with Gasteiger partial charge in [-0.2, -0.15) is 0 Å². The number of pyridine rings is 1. The molecule has 1 heterocycles. The second-order valence-electron chi connectivity index (χ2n) is 6.78. The Balaban J connectivity index is 1.58. The number of benzene rings is 2. The van der Waals surface area contributed by atoms with Gasteiger partial charge in [-0.15, -0.1) is 0 Å². The average Bonchev–Trinajstić information content (AvgIpc) is 2.65. The van der Waals surface area contributed by atoms with Crippen LogP contribution in [0.25, 0.3) is 10.9 Å². The second-order valence-corrected chi connectivity index (χ2v) is 6.78. The maximum atomic E-state index is 12.1. The van der Waals surface area contributed by atoms with Crippen molar-refractivity contribution in [2.45, 2.75) is 33.2 Å². The first-order chi connectivity index (χ1) is 12.9. The fourth-order valence-electron chi connectivity index (χ4n) is 2.90. The van der Waals surface area contributed by atoms with Gasteiger partial charge >= 0.3 is 0 Å². The van der Waals surface area contributed by atoms with Crippen LogP contribution in [0, 0.1) is 13.8 Å². The summed E-state index contributed by atoms with van der Waals surface area (Å²) in [5.41, 5.74) is 3.83. The monoisotopic (exact) mass is 362 g/mol. The molecule has 2 N–H and O–H groups in total. The molecule has 1 amide bonds. The number of aromatic nitrogens is 1. The Morgan fingerprint density at radius 1 is 0.926 bits per heavy atom. The lowest BCUT2D eigenvalue weighted by Crippen LogP contribution is -2.27. The minimum absolute atomic E-state index is 0.0656. The Morgan fingerprint density at radius 2 is 1.63 bits per heavy atom. The first-order valence-electron chi connectivity index (χ1n) is 8.91. The number of aryl methyl sites for hydroxylation is 2. The molecule has 0 aliphatic heterocycles. The molecule has 5 nitrogen and oxygen atoms in total. The van der Waals surface area contributed by atoms with Crippen LogP contribution in [0.1, 0.15) is 39.9 Å². The highest BCUT2D eigenvalue weighted by Crippen LogP contribution is 2.13. The van der Waals surface area contributed by atoms with Gasteiger partial charge in [-0.3, -0.25) is 14.4 Å². The number of nitrogens with one attached hydrogen (secondary N) is 2. The minimum Gasteiger partial charge on any atom is -0.352 e. The van der Waals surface area contributed by atoms with Crippen molar-refractivity contribution in [2.75, 3.05) is 0 Å². The summed E-state index contributed by atoms with van der Waals surface area (Å²) in [6.07, 6.45) is 0.236. The van der Waals surface area contributed by atoms with Crippen molar-refractivity contribution >= 4 is 22.6 Å². The third-order valence-electron chi connectivity index (χ3n) is 4.51. The molecule has 138 valence electrons. The molecule has 0 unspecified atom stereocenters.